The third-order valence-corrected chi connectivity index (χ3v) is 14.0. The van der Waals surface area contributed by atoms with Crippen molar-refractivity contribution in [2.75, 3.05) is 59.2 Å². The lowest BCUT2D eigenvalue weighted by molar-refractivity contribution is -0.271. The second-order valence-corrected chi connectivity index (χ2v) is 20.0. The van der Waals surface area contributed by atoms with Gasteiger partial charge in [-0.25, -0.2) is 9.59 Å². The number of hydrogen-bond acceptors (Lipinski definition) is 18. The number of ether oxygens (including phenoxy) is 4. The molecule has 2 aliphatic heterocycles. The first-order chi connectivity index (χ1) is 34.3. The summed E-state index contributed by atoms with van der Waals surface area (Å²) < 4.78 is 24.1. The van der Waals surface area contributed by atoms with Gasteiger partial charge in [0.05, 0.1) is 32.0 Å². The molecule has 23 heteroatoms. The van der Waals surface area contributed by atoms with Crippen molar-refractivity contribution < 1.29 is 83.5 Å². The molecule has 10 N–H and O–H groups in total. The van der Waals surface area contributed by atoms with Gasteiger partial charge in [0, 0.05) is 56.5 Å². The second-order valence-electron chi connectivity index (χ2n) is 20.0. The van der Waals surface area contributed by atoms with Crippen LogP contribution >= 0.6 is 0 Å². The molecule has 0 radical (unpaired) electrons. The SMILES string of the molecule is C/C=N\NCC12CCCC(C)(C1)CC(CCC)(OCCN(CCC(=O)NC(CO)(CO)CO)C(=O)OCc1ccc(CCCCNC(=O)CN3C(=O)C=CC3=O)cc1O[C@@H]1O[C@H](C(=O)O)[C@@H](O)[C@H](O)[C@H]1O)C2. The topological polar surface area (TPSA) is 336 Å². The van der Waals surface area contributed by atoms with Crippen LogP contribution in [0, 0.1) is 10.8 Å². The molecule has 0 aromatic heterocycles. The molecule has 3 fully saturated rings. The summed E-state index contributed by atoms with van der Waals surface area (Å²) in [4.78, 5) is 77.4. The van der Waals surface area contributed by atoms with Crippen molar-refractivity contribution in [2.24, 2.45) is 15.9 Å². The highest BCUT2D eigenvalue weighted by Gasteiger charge is 2.55. The number of benzene rings is 1. The van der Waals surface area contributed by atoms with Gasteiger partial charge in [-0.05, 0) is 87.2 Å². The maximum Gasteiger partial charge on any atom is 0.410 e. The van der Waals surface area contributed by atoms with Crippen molar-refractivity contribution in [3.8, 4) is 5.75 Å². The number of carbonyl (C=O) groups excluding carboxylic acids is 5. The van der Waals surface area contributed by atoms with Gasteiger partial charge in [0.25, 0.3) is 11.8 Å². The Kier molecular flexibility index (Phi) is 20.9. The van der Waals surface area contributed by atoms with E-state index in [1.54, 1.807) is 24.4 Å². The fourth-order valence-corrected chi connectivity index (χ4v) is 10.6. The molecule has 0 spiro atoms. The monoisotopic (exact) mass is 1020 g/mol. The zero-order chi connectivity index (χ0) is 52.7. The first-order valence-corrected chi connectivity index (χ1v) is 24.7. The third-order valence-electron chi connectivity index (χ3n) is 14.0. The van der Waals surface area contributed by atoms with E-state index in [0.29, 0.717) is 31.4 Å². The van der Waals surface area contributed by atoms with Crippen molar-refractivity contribution in [1.29, 1.82) is 0 Å². The van der Waals surface area contributed by atoms with Crippen molar-refractivity contribution in [3.05, 3.63) is 41.5 Å². The van der Waals surface area contributed by atoms with Crippen molar-refractivity contribution in [1.82, 2.24) is 25.9 Å². The van der Waals surface area contributed by atoms with Gasteiger partial charge in [-0.2, -0.15) is 5.10 Å². The van der Waals surface area contributed by atoms with E-state index in [9.17, 15) is 64.5 Å². The second kappa shape index (κ2) is 26.1. The Morgan fingerprint density at radius 1 is 0.958 bits per heavy atom. The van der Waals surface area contributed by atoms with Gasteiger partial charge in [0.15, 0.2) is 6.10 Å². The Balaban J connectivity index is 1.32. The predicted octanol–water partition coefficient (Wildman–Crippen LogP) is -0.00660. The Morgan fingerprint density at radius 3 is 2.35 bits per heavy atom. The number of fused-ring (bicyclic) bond motifs is 2. The van der Waals surface area contributed by atoms with Gasteiger partial charge < -0.3 is 75.7 Å². The lowest BCUT2D eigenvalue weighted by Gasteiger charge is -2.58. The summed E-state index contributed by atoms with van der Waals surface area (Å²) in [5.74, 6) is -4.01. The predicted molar refractivity (Wildman–Crippen MR) is 256 cm³/mol. The normalized spacial score (nSPS) is 27.2. The molecule has 1 saturated heterocycles. The van der Waals surface area contributed by atoms with Crippen LogP contribution < -0.4 is 20.8 Å². The van der Waals surface area contributed by atoms with E-state index in [-0.39, 0.29) is 54.8 Å². The number of aliphatic carboxylic acids is 1. The average Bonchev–Trinajstić information content (AvgIpc) is 3.65. The highest BCUT2D eigenvalue weighted by atomic mass is 16.7. The van der Waals surface area contributed by atoms with Crippen LogP contribution in [-0.2, 0) is 51.2 Å². The van der Waals surface area contributed by atoms with Crippen LogP contribution in [0.4, 0.5) is 4.79 Å². The zero-order valence-electron chi connectivity index (χ0n) is 41.5. The Morgan fingerprint density at radius 2 is 1.68 bits per heavy atom. The molecule has 1 aromatic rings. The van der Waals surface area contributed by atoms with Crippen molar-refractivity contribution >= 4 is 41.9 Å². The Bertz CT molecular complexity index is 2080. The molecule has 4 aliphatic rings. The number of hydrazone groups is 1. The molecule has 72 heavy (non-hydrogen) atoms. The summed E-state index contributed by atoms with van der Waals surface area (Å²) in [6.07, 6.45) is 1.86. The van der Waals surface area contributed by atoms with Crippen molar-refractivity contribution in [3.63, 3.8) is 0 Å². The van der Waals surface area contributed by atoms with Gasteiger partial charge >= 0.3 is 12.1 Å². The lowest BCUT2D eigenvalue weighted by Crippen LogP contribution is -2.61. The first kappa shape index (κ1) is 57.6. The van der Waals surface area contributed by atoms with E-state index in [0.717, 1.165) is 68.4 Å². The Labute approximate surface area is 418 Å². The van der Waals surface area contributed by atoms with Gasteiger partial charge in [-0.3, -0.25) is 24.1 Å². The molecule has 2 heterocycles. The quantitative estimate of drug-likeness (QED) is 0.0228. The number of imide groups is 1. The van der Waals surface area contributed by atoms with Crippen LogP contribution in [0.5, 0.6) is 5.75 Å². The van der Waals surface area contributed by atoms with Gasteiger partial charge in [0.2, 0.25) is 18.1 Å². The summed E-state index contributed by atoms with van der Waals surface area (Å²) in [6.45, 7) is 3.89. The number of carboxylic acid groups (broad SMARTS) is 1. The number of unbranched alkanes of at least 4 members (excludes halogenated alkanes) is 1. The summed E-state index contributed by atoms with van der Waals surface area (Å²) >= 11 is 0. The average molecular weight is 1020 g/mol. The van der Waals surface area contributed by atoms with Crippen molar-refractivity contribution in [2.45, 2.75) is 146 Å². The van der Waals surface area contributed by atoms with E-state index in [1.165, 1.54) is 4.90 Å². The van der Waals surface area contributed by atoms with Crippen LogP contribution in [0.25, 0.3) is 0 Å². The Hall–Kier alpha value is -5.27. The molecule has 8 atom stereocenters. The van der Waals surface area contributed by atoms with E-state index in [1.807, 2.05) is 6.92 Å². The zero-order valence-corrected chi connectivity index (χ0v) is 41.5. The molecular formula is C49H74N6O17. The van der Waals surface area contributed by atoms with Gasteiger partial charge in [-0.1, -0.05) is 38.8 Å². The van der Waals surface area contributed by atoms with E-state index >= 15 is 0 Å². The summed E-state index contributed by atoms with van der Waals surface area (Å²) in [5.41, 5.74) is 1.86. The van der Waals surface area contributed by atoms with Crippen LogP contribution in [0.2, 0.25) is 0 Å². The highest BCUT2D eigenvalue weighted by molar-refractivity contribution is 6.14. The van der Waals surface area contributed by atoms with Crippen LogP contribution in [0.3, 0.4) is 0 Å². The molecule has 2 aliphatic carbocycles. The summed E-state index contributed by atoms with van der Waals surface area (Å²) in [5, 5.41) is 80.3. The fraction of sp³-hybridized carbons (Fsp3) is 0.694. The number of nitrogens with one attached hydrogen (secondary N) is 3. The standard InChI is InChI=1S/C49H74N6O17/c1-4-15-49(26-46(3)16-8-17-47(25-46,27-49)28-52-51-5-2)70-21-20-54(19-14-35(59)53-48(29-56,30-57)31-58)45(68)69-24-33-11-10-32(9-6-7-18-50-36(60)23-55-37(61)12-13-38(55)62)22-34(33)71-44-41(65)39(63)40(64)42(72-44)43(66)67/h5,10-13,22,39-42,44,52,56-58,63-65H,4,6-9,14-21,23-31H2,1-3H3,(H,50,60)(H,53,59)(H,66,67)/b51-5-/t39-,40-,41+,42-,44+,46?,47?,49?/m0/s1. The van der Waals surface area contributed by atoms with Crippen LogP contribution in [-0.4, -0.2) is 188 Å². The first-order valence-electron chi connectivity index (χ1n) is 24.7. The number of amides is 5. The molecule has 5 rings (SSSR count). The molecule has 1 aromatic carbocycles. The van der Waals surface area contributed by atoms with Gasteiger partial charge in [0.1, 0.15) is 42.8 Å². The fourth-order valence-electron chi connectivity index (χ4n) is 10.6. The maximum atomic E-state index is 14.1. The summed E-state index contributed by atoms with van der Waals surface area (Å²) in [7, 11) is 0. The molecule has 2 saturated carbocycles. The molecule has 2 bridgehead atoms. The minimum atomic E-state index is -1.99. The number of carbonyl (C=O) groups is 6. The third kappa shape index (κ3) is 15.2. The van der Waals surface area contributed by atoms with E-state index in [2.05, 4.69) is 35.0 Å². The number of aliphatic hydroxyl groups is 6. The number of rotatable bonds is 28. The van der Waals surface area contributed by atoms with E-state index < -0.39 is 111 Å². The molecule has 23 nitrogen and oxygen atoms in total. The molecule has 402 valence electrons. The minimum absolute atomic E-state index is 0.0157. The lowest BCUT2D eigenvalue weighted by atomic mass is 9.51. The number of aryl methyl sites for hydroxylation is 1. The van der Waals surface area contributed by atoms with E-state index in [4.69, 9.17) is 18.9 Å². The highest BCUT2D eigenvalue weighted by Crippen LogP contribution is 2.60. The molecule has 5 amide bonds. The minimum Gasteiger partial charge on any atom is -0.479 e. The van der Waals surface area contributed by atoms with Crippen LogP contribution in [0.15, 0.2) is 35.5 Å². The number of hydrogen-bond donors (Lipinski definition) is 10. The molecular weight excluding hydrogens is 945 g/mol. The maximum absolute atomic E-state index is 14.1. The van der Waals surface area contributed by atoms with Crippen LogP contribution in [0.1, 0.15) is 103 Å². The summed E-state index contributed by atoms with van der Waals surface area (Å²) in [6, 6.07) is 4.81. The number of nitrogens with zero attached hydrogens (tertiary/aromatic N) is 3. The largest absolute Gasteiger partial charge is 0.479 e. The smallest absolute Gasteiger partial charge is 0.410 e. The number of aliphatic hydroxyl groups excluding tert-OH is 6. The van der Waals surface area contributed by atoms with Gasteiger partial charge in [-0.15, -0.1) is 0 Å². The number of carboxylic acids is 1. The molecule has 3 unspecified atom stereocenters.